The molecule has 48 valence electrons. The van der Waals surface area contributed by atoms with Gasteiger partial charge in [-0.1, -0.05) is 0 Å². The first-order valence-corrected chi connectivity index (χ1v) is 2.86. The molecule has 0 bridgehead atoms. The number of hydrogen-bond acceptors (Lipinski definition) is 2. The molecule has 0 aromatic rings. The van der Waals surface area contributed by atoms with E-state index in [1.54, 1.807) is 0 Å². The minimum absolute atomic E-state index is 0.153. The first-order valence-electron chi connectivity index (χ1n) is 2.86. The molecule has 0 saturated carbocycles. The number of alkyl halides is 1. The lowest BCUT2D eigenvalue weighted by atomic mass is 10.1. The molecule has 3 N–H and O–H groups in total. The number of nitrogens with one attached hydrogen (secondary N) is 1. The van der Waals surface area contributed by atoms with Gasteiger partial charge in [0.2, 0.25) is 0 Å². The minimum atomic E-state index is -1.10. The Balaban J connectivity index is 2.40. The molecule has 0 radical (unpaired) electrons. The van der Waals surface area contributed by atoms with Crippen LogP contribution in [-0.2, 0) is 0 Å². The maximum atomic E-state index is 12.9. The van der Waals surface area contributed by atoms with Crippen LogP contribution in [0.5, 0.6) is 0 Å². The molecule has 0 spiro atoms. The topological polar surface area (TPSA) is 38.0 Å². The van der Waals surface area contributed by atoms with E-state index in [9.17, 15) is 4.39 Å². The fourth-order valence-electron chi connectivity index (χ4n) is 0.887. The van der Waals surface area contributed by atoms with Crippen LogP contribution in [0.15, 0.2) is 0 Å². The summed E-state index contributed by atoms with van der Waals surface area (Å²) in [4.78, 5) is 0. The molecule has 0 amide bonds. The highest BCUT2D eigenvalue weighted by Crippen LogP contribution is 2.16. The summed E-state index contributed by atoms with van der Waals surface area (Å²) in [5, 5.41) is 2.91. The standard InChI is InChI=1S/C5H11FN2/c6-5(3-7)1-2-8-4-5/h8H,1-4,7H2/t5-/m0/s1. The molecule has 1 rings (SSSR count). The molecule has 0 aromatic carbocycles. The van der Waals surface area contributed by atoms with Crippen molar-refractivity contribution in [3.05, 3.63) is 0 Å². The third-order valence-electron chi connectivity index (χ3n) is 1.56. The summed E-state index contributed by atoms with van der Waals surface area (Å²) < 4.78 is 12.9. The average molecular weight is 118 g/mol. The van der Waals surface area contributed by atoms with E-state index in [-0.39, 0.29) is 6.54 Å². The smallest absolute Gasteiger partial charge is 0.136 e. The summed E-state index contributed by atoms with van der Waals surface area (Å²) in [6, 6.07) is 0. The van der Waals surface area contributed by atoms with Crippen LogP contribution >= 0.6 is 0 Å². The number of hydrogen-bond donors (Lipinski definition) is 2. The Morgan fingerprint density at radius 1 is 1.75 bits per heavy atom. The van der Waals surface area contributed by atoms with Crippen molar-refractivity contribution in [2.45, 2.75) is 12.1 Å². The highest BCUT2D eigenvalue weighted by Gasteiger charge is 2.31. The predicted molar refractivity (Wildman–Crippen MR) is 30.4 cm³/mol. The van der Waals surface area contributed by atoms with Gasteiger partial charge in [-0.05, 0) is 13.0 Å². The van der Waals surface area contributed by atoms with Gasteiger partial charge in [0.05, 0.1) is 0 Å². The summed E-state index contributed by atoms with van der Waals surface area (Å²) in [5.41, 5.74) is 4.06. The third kappa shape index (κ3) is 0.980. The highest BCUT2D eigenvalue weighted by atomic mass is 19.1. The van der Waals surface area contributed by atoms with Crippen molar-refractivity contribution in [1.82, 2.24) is 5.32 Å². The molecule has 0 aliphatic carbocycles. The van der Waals surface area contributed by atoms with Crippen LogP contribution in [0.2, 0.25) is 0 Å². The molecule has 1 fully saturated rings. The van der Waals surface area contributed by atoms with Gasteiger partial charge in [-0.25, -0.2) is 4.39 Å². The van der Waals surface area contributed by atoms with Gasteiger partial charge in [0.15, 0.2) is 0 Å². The molecule has 2 nitrogen and oxygen atoms in total. The fourth-order valence-corrected chi connectivity index (χ4v) is 0.887. The largest absolute Gasteiger partial charge is 0.327 e. The van der Waals surface area contributed by atoms with Crippen LogP contribution in [0.25, 0.3) is 0 Å². The van der Waals surface area contributed by atoms with Crippen LogP contribution in [0, 0.1) is 0 Å². The Kier molecular flexibility index (Phi) is 1.49. The van der Waals surface area contributed by atoms with E-state index in [0.717, 1.165) is 6.54 Å². The monoisotopic (exact) mass is 118 g/mol. The van der Waals surface area contributed by atoms with Crippen LogP contribution in [0.3, 0.4) is 0 Å². The molecular formula is C5H11FN2. The lowest BCUT2D eigenvalue weighted by Gasteiger charge is -2.13. The van der Waals surface area contributed by atoms with Gasteiger partial charge in [0.25, 0.3) is 0 Å². The Bertz CT molecular complexity index is 78.5. The molecule has 1 heterocycles. The van der Waals surface area contributed by atoms with Crippen molar-refractivity contribution in [1.29, 1.82) is 0 Å². The lowest BCUT2D eigenvalue weighted by Crippen LogP contribution is -2.34. The van der Waals surface area contributed by atoms with Gasteiger partial charge < -0.3 is 11.1 Å². The van der Waals surface area contributed by atoms with Crippen molar-refractivity contribution < 1.29 is 4.39 Å². The Morgan fingerprint density at radius 2 is 2.50 bits per heavy atom. The zero-order chi connectivity index (χ0) is 6.04. The molecule has 1 aliphatic rings. The normalized spacial score (nSPS) is 38.2. The predicted octanol–water partition coefficient (Wildman–Crippen LogP) is -0.353. The minimum Gasteiger partial charge on any atom is -0.327 e. The van der Waals surface area contributed by atoms with E-state index in [4.69, 9.17) is 5.73 Å². The van der Waals surface area contributed by atoms with Gasteiger partial charge in [0, 0.05) is 13.1 Å². The summed E-state index contributed by atoms with van der Waals surface area (Å²) in [7, 11) is 0. The zero-order valence-corrected chi connectivity index (χ0v) is 4.78. The number of halogens is 1. The molecule has 3 heteroatoms. The van der Waals surface area contributed by atoms with Crippen LogP contribution in [0.1, 0.15) is 6.42 Å². The van der Waals surface area contributed by atoms with Gasteiger partial charge in [0.1, 0.15) is 5.67 Å². The van der Waals surface area contributed by atoms with Crippen molar-refractivity contribution in [3.63, 3.8) is 0 Å². The van der Waals surface area contributed by atoms with Crippen LogP contribution in [0.4, 0.5) is 4.39 Å². The average Bonchev–Trinajstić information content (AvgIpc) is 2.17. The second-order valence-electron chi connectivity index (χ2n) is 2.28. The Morgan fingerprint density at radius 3 is 2.75 bits per heavy atom. The summed E-state index contributed by atoms with van der Waals surface area (Å²) >= 11 is 0. The molecule has 0 aromatic heterocycles. The Labute approximate surface area is 48.2 Å². The maximum Gasteiger partial charge on any atom is 0.136 e. The summed E-state index contributed by atoms with van der Waals surface area (Å²) in [5.74, 6) is 0. The van der Waals surface area contributed by atoms with Crippen LogP contribution < -0.4 is 11.1 Å². The third-order valence-corrected chi connectivity index (χ3v) is 1.56. The van der Waals surface area contributed by atoms with E-state index in [0.29, 0.717) is 13.0 Å². The SMILES string of the molecule is NC[C@@]1(F)CCNC1. The summed E-state index contributed by atoms with van der Waals surface area (Å²) in [6.45, 7) is 1.36. The molecule has 1 aliphatic heterocycles. The molecule has 1 saturated heterocycles. The van der Waals surface area contributed by atoms with E-state index >= 15 is 0 Å². The lowest BCUT2D eigenvalue weighted by molar-refractivity contribution is 0.201. The van der Waals surface area contributed by atoms with E-state index in [2.05, 4.69) is 5.32 Å². The molecular weight excluding hydrogens is 107 g/mol. The number of nitrogens with two attached hydrogens (primary N) is 1. The quantitative estimate of drug-likeness (QED) is 0.493. The van der Waals surface area contributed by atoms with Gasteiger partial charge in [-0.3, -0.25) is 0 Å². The molecule has 1 atom stereocenters. The second-order valence-corrected chi connectivity index (χ2v) is 2.28. The van der Waals surface area contributed by atoms with Crippen LogP contribution in [-0.4, -0.2) is 25.3 Å². The van der Waals surface area contributed by atoms with Gasteiger partial charge in [-0.15, -0.1) is 0 Å². The van der Waals surface area contributed by atoms with Crippen molar-refractivity contribution in [3.8, 4) is 0 Å². The van der Waals surface area contributed by atoms with Crippen molar-refractivity contribution >= 4 is 0 Å². The maximum absolute atomic E-state index is 12.9. The summed E-state index contributed by atoms with van der Waals surface area (Å²) in [6.07, 6.45) is 0.573. The van der Waals surface area contributed by atoms with Gasteiger partial charge >= 0.3 is 0 Å². The van der Waals surface area contributed by atoms with E-state index < -0.39 is 5.67 Å². The molecule has 8 heavy (non-hydrogen) atoms. The fraction of sp³-hybridized carbons (Fsp3) is 1.00. The number of rotatable bonds is 1. The zero-order valence-electron chi connectivity index (χ0n) is 4.78. The van der Waals surface area contributed by atoms with E-state index in [1.807, 2.05) is 0 Å². The highest BCUT2D eigenvalue weighted by molar-refractivity contribution is 4.88. The van der Waals surface area contributed by atoms with Gasteiger partial charge in [-0.2, -0.15) is 0 Å². The second kappa shape index (κ2) is 1.99. The first-order chi connectivity index (χ1) is 3.77. The van der Waals surface area contributed by atoms with E-state index in [1.165, 1.54) is 0 Å². The first kappa shape index (κ1) is 5.98. The molecule has 0 unspecified atom stereocenters. The Hall–Kier alpha value is -0.150. The van der Waals surface area contributed by atoms with Crippen molar-refractivity contribution in [2.24, 2.45) is 5.73 Å². The van der Waals surface area contributed by atoms with Crippen molar-refractivity contribution in [2.75, 3.05) is 19.6 Å².